The van der Waals surface area contributed by atoms with Crippen LogP contribution in [-0.4, -0.2) is 36.0 Å². The summed E-state index contributed by atoms with van der Waals surface area (Å²) in [5.74, 6) is 0.984. The summed E-state index contributed by atoms with van der Waals surface area (Å²) < 4.78 is 0. The molecule has 0 aromatic rings. The van der Waals surface area contributed by atoms with Crippen LogP contribution < -0.4 is 10.6 Å². The van der Waals surface area contributed by atoms with E-state index in [9.17, 15) is 14.4 Å². The third-order valence-corrected chi connectivity index (χ3v) is 4.67. The molecule has 2 bridgehead atoms. The minimum atomic E-state index is -0.936. The average molecular weight is 296 g/mol. The van der Waals surface area contributed by atoms with Gasteiger partial charge in [-0.15, -0.1) is 0 Å². The molecule has 2 fully saturated rings. The molecule has 0 saturated heterocycles. The number of amides is 2. The molecule has 3 N–H and O–H groups in total. The molecule has 118 valence electrons. The molecule has 6 heteroatoms. The van der Waals surface area contributed by atoms with Gasteiger partial charge in [-0.2, -0.15) is 0 Å². The molecular weight excluding hydrogens is 272 g/mol. The molecule has 21 heavy (non-hydrogen) atoms. The van der Waals surface area contributed by atoms with Crippen LogP contribution in [0.1, 0.15) is 44.9 Å². The van der Waals surface area contributed by atoms with Crippen LogP contribution in [0.2, 0.25) is 0 Å². The van der Waals surface area contributed by atoms with Crippen molar-refractivity contribution in [2.75, 3.05) is 13.1 Å². The van der Waals surface area contributed by atoms with E-state index in [1.54, 1.807) is 0 Å². The first-order valence-corrected chi connectivity index (χ1v) is 7.79. The second-order valence-corrected chi connectivity index (χ2v) is 6.23. The smallest absolute Gasteiger partial charge is 0.305 e. The predicted molar refractivity (Wildman–Crippen MR) is 76.4 cm³/mol. The summed E-state index contributed by atoms with van der Waals surface area (Å²) in [6.07, 6.45) is 5.79. The molecule has 2 aliphatic carbocycles. The normalized spacial score (nSPS) is 26.6. The second kappa shape index (κ2) is 7.43. The Bertz CT molecular complexity index is 410. The summed E-state index contributed by atoms with van der Waals surface area (Å²) in [5.41, 5.74) is 0. The molecule has 0 aromatic carbocycles. The van der Waals surface area contributed by atoms with Gasteiger partial charge < -0.3 is 15.7 Å². The lowest BCUT2D eigenvalue weighted by atomic mass is 9.86. The van der Waals surface area contributed by atoms with E-state index in [1.807, 2.05) is 0 Å². The Morgan fingerprint density at radius 2 is 1.67 bits per heavy atom. The Morgan fingerprint density at radius 3 is 2.29 bits per heavy atom. The van der Waals surface area contributed by atoms with Crippen LogP contribution in [0, 0.1) is 17.8 Å². The fraction of sp³-hybridized carbons (Fsp3) is 0.800. The lowest BCUT2D eigenvalue weighted by Crippen LogP contribution is -2.32. The molecule has 0 spiro atoms. The number of carbonyl (C=O) groups is 3. The van der Waals surface area contributed by atoms with Gasteiger partial charge in [-0.1, -0.05) is 6.42 Å². The molecular formula is C15H24N2O4. The van der Waals surface area contributed by atoms with Crippen molar-refractivity contribution in [2.45, 2.75) is 44.9 Å². The van der Waals surface area contributed by atoms with Crippen LogP contribution in [0.25, 0.3) is 0 Å². The number of hydrogen-bond acceptors (Lipinski definition) is 3. The van der Waals surface area contributed by atoms with E-state index in [0.29, 0.717) is 18.9 Å². The number of nitrogens with one attached hydrogen (secondary N) is 2. The summed E-state index contributed by atoms with van der Waals surface area (Å²) >= 11 is 0. The number of hydrogen-bond donors (Lipinski definition) is 3. The standard InChI is InChI=1S/C15H24N2O4/c18-13(16-6-4-15(20)21)3-5-17-14(19)9-12-8-10-1-2-11(12)7-10/h10-12H,1-9H2,(H,16,18)(H,17,19)(H,20,21). The van der Waals surface area contributed by atoms with Crippen molar-refractivity contribution in [1.82, 2.24) is 10.6 Å². The Morgan fingerprint density at radius 1 is 0.952 bits per heavy atom. The molecule has 3 unspecified atom stereocenters. The van der Waals surface area contributed by atoms with Gasteiger partial charge in [-0.3, -0.25) is 14.4 Å². The van der Waals surface area contributed by atoms with Gasteiger partial charge in [-0.05, 0) is 37.0 Å². The number of aliphatic carboxylic acids is 1. The van der Waals surface area contributed by atoms with Crippen molar-refractivity contribution in [3.63, 3.8) is 0 Å². The third-order valence-electron chi connectivity index (χ3n) is 4.67. The highest BCUT2D eigenvalue weighted by molar-refractivity contribution is 5.79. The Kier molecular flexibility index (Phi) is 5.59. The Balaban J connectivity index is 1.53. The predicted octanol–water partition coefficient (Wildman–Crippen LogP) is 0.910. The monoisotopic (exact) mass is 296 g/mol. The minimum Gasteiger partial charge on any atom is -0.481 e. The van der Waals surface area contributed by atoms with Gasteiger partial charge in [0.25, 0.3) is 0 Å². The zero-order chi connectivity index (χ0) is 15.2. The van der Waals surface area contributed by atoms with E-state index in [-0.39, 0.29) is 31.2 Å². The zero-order valence-electron chi connectivity index (χ0n) is 12.3. The van der Waals surface area contributed by atoms with Gasteiger partial charge in [0.2, 0.25) is 11.8 Å². The Hall–Kier alpha value is -1.59. The van der Waals surface area contributed by atoms with Crippen LogP contribution in [0.4, 0.5) is 0 Å². The van der Waals surface area contributed by atoms with Crippen molar-refractivity contribution >= 4 is 17.8 Å². The van der Waals surface area contributed by atoms with E-state index in [1.165, 1.54) is 25.7 Å². The lowest BCUT2D eigenvalue weighted by Gasteiger charge is -2.20. The van der Waals surface area contributed by atoms with E-state index in [4.69, 9.17) is 5.11 Å². The van der Waals surface area contributed by atoms with Crippen molar-refractivity contribution < 1.29 is 19.5 Å². The maximum atomic E-state index is 11.8. The van der Waals surface area contributed by atoms with Crippen molar-refractivity contribution in [1.29, 1.82) is 0 Å². The van der Waals surface area contributed by atoms with Gasteiger partial charge in [0.05, 0.1) is 6.42 Å². The summed E-state index contributed by atoms with van der Waals surface area (Å²) in [4.78, 5) is 33.5. The topological polar surface area (TPSA) is 95.5 Å². The minimum absolute atomic E-state index is 0.0332. The summed E-state index contributed by atoms with van der Waals surface area (Å²) in [7, 11) is 0. The van der Waals surface area contributed by atoms with E-state index in [0.717, 1.165) is 11.8 Å². The van der Waals surface area contributed by atoms with E-state index in [2.05, 4.69) is 10.6 Å². The molecule has 3 atom stereocenters. The van der Waals surface area contributed by atoms with Gasteiger partial charge in [0.15, 0.2) is 0 Å². The van der Waals surface area contributed by atoms with Crippen LogP contribution in [0.5, 0.6) is 0 Å². The quantitative estimate of drug-likeness (QED) is 0.620. The molecule has 2 rings (SSSR count). The molecule has 0 aromatic heterocycles. The molecule has 6 nitrogen and oxygen atoms in total. The first-order valence-electron chi connectivity index (χ1n) is 7.79. The molecule has 0 heterocycles. The number of rotatable bonds is 8. The first-order chi connectivity index (χ1) is 10.0. The highest BCUT2D eigenvalue weighted by atomic mass is 16.4. The fourth-order valence-corrected chi connectivity index (χ4v) is 3.65. The van der Waals surface area contributed by atoms with Crippen molar-refractivity contribution in [3.8, 4) is 0 Å². The number of carboxylic acids is 1. The largest absolute Gasteiger partial charge is 0.481 e. The maximum Gasteiger partial charge on any atom is 0.305 e. The zero-order valence-corrected chi connectivity index (χ0v) is 12.3. The van der Waals surface area contributed by atoms with E-state index < -0.39 is 5.97 Å². The first kappa shape index (κ1) is 15.8. The molecule has 2 aliphatic rings. The van der Waals surface area contributed by atoms with Crippen LogP contribution in [0.15, 0.2) is 0 Å². The number of carboxylic acid groups (broad SMARTS) is 1. The van der Waals surface area contributed by atoms with Crippen molar-refractivity contribution in [3.05, 3.63) is 0 Å². The molecule has 2 amide bonds. The summed E-state index contributed by atoms with van der Waals surface area (Å²) in [6, 6.07) is 0. The fourth-order valence-electron chi connectivity index (χ4n) is 3.65. The van der Waals surface area contributed by atoms with Gasteiger partial charge in [0, 0.05) is 25.9 Å². The van der Waals surface area contributed by atoms with E-state index >= 15 is 0 Å². The third kappa shape index (κ3) is 5.02. The van der Waals surface area contributed by atoms with Gasteiger partial charge in [0.1, 0.15) is 0 Å². The SMILES string of the molecule is O=C(O)CCNC(=O)CCNC(=O)CC1CC2CCC1C2. The van der Waals surface area contributed by atoms with Gasteiger partial charge >= 0.3 is 5.97 Å². The Labute approximate surface area is 124 Å². The molecule has 2 saturated carbocycles. The lowest BCUT2D eigenvalue weighted by molar-refractivity contribution is -0.137. The second-order valence-electron chi connectivity index (χ2n) is 6.23. The van der Waals surface area contributed by atoms with Crippen LogP contribution in [-0.2, 0) is 14.4 Å². The summed E-state index contributed by atoms with van der Waals surface area (Å²) in [6.45, 7) is 0.450. The highest BCUT2D eigenvalue weighted by Gasteiger charge is 2.39. The molecule has 0 radical (unpaired) electrons. The highest BCUT2D eigenvalue weighted by Crippen LogP contribution is 2.49. The average Bonchev–Trinajstić information content (AvgIpc) is 3.00. The van der Waals surface area contributed by atoms with Gasteiger partial charge in [-0.25, -0.2) is 0 Å². The molecule has 0 aliphatic heterocycles. The number of carbonyl (C=O) groups excluding carboxylic acids is 2. The van der Waals surface area contributed by atoms with Crippen molar-refractivity contribution in [2.24, 2.45) is 17.8 Å². The van der Waals surface area contributed by atoms with Crippen LogP contribution in [0.3, 0.4) is 0 Å². The maximum absolute atomic E-state index is 11.8. The summed E-state index contributed by atoms with van der Waals surface area (Å²) in [5, 5.41) is 13.7. The van der Waals surface area contributed by atoms with Crippen LogP contribution >= 0.6 is 0 Å². The number of fused-ring (bicyclic) bond motifs is 2.